The molecule has 0 saturated heterocycles. The van der Waals surface area contributed by atoms with E-state index < -0.39 is 0 Å². The van der Waals surface area contributed by atoms with Crippen LogP contribution in [0.1, 0.15) is 31.2 Å². The summed E-state index contributed by atoms with van der Waals surface area (Å²) in [6.45, 7) is 7.87. The van der Waals surface area contributed by atoms with Crippen LogP contribution in [0.3, 0.4) is 0 Å². The highest BCUT2D eigenvalue weighted by molar-refractivity contribution is 7.12. The van der Waals surface area contributed by atoms with Crippen molar-refractivity contribution in [1.82, 2.24) is 0 Å². The van der Waals surface area contributed by atoms with Crippen molar-refractivity contribution in [1.29, 1.82) is 0 Å². The lowest BCUT2D eigenvalue weighted by Crippen LogP contribution is -2.12. The van der Waals surface area contributed by atoms with Crippen LogP contribution in [0.4, 0.5) is 0 Å². The lowest BCUT2D eigenvalue weighted by Gasteiger charge is -2.09. The van der Waals surface area contributed by atoms with E-state index in [1.54, 1.807) is 11.3 Å². The number of benzene rings is 1. The fourth-order valence-corrected chi connectivity index (χ4v) is 3.18. The lowest BCUT2D eigenvalue weighted by atomic mass is 10.1. The van der Waals surface area contributed by atoms with Gasteiger partial charge in [0.2, 0.25) is 5.78 Å². The number of Topliss-reactive ketones (excluding diaryl/α,β-unsaturated/α-hetero) is 1. The number of hydrogen-bond donors (Lipinski definition) is 0. The summed E-state index contributed by atoms with van der Waals surface area (Å²) in [5.41, 5.74) is 2.67. The predicted molar refractivity (Wildman–Crippen MR) is 84.5 cm³/mol. The summed E-state index contributed by atoms with van der Waals surface area (Å²) in [6.07, 6.45) is 0. The Hall–Kier alpha value is -1.32. The molecule has 1 aromatic carbocycles. The van der Waals surface area contributed by atoms with E-state index in [0.717, 1.165) is 31.5 Å². The first-order valence-corrected chi connectivity index (χ1v) is 7.57. The van der Waals surface area contributed by atoms with Crippen LogP contribution in [0.5, 0.6) is 5.75 Å². The van der Waals surface area contributed by atoms with Crippen LogP contribution in [0.2, 0.25) is 5.02 Å². The van der Waals surface area contributed by atoms with Gasteiger partial charge >= 0.3 is 0 Å². The van der Waals surface area contributed by atoms with E-state index in [9.17, 15) is 4.79 Å². The number of thiophene rings is 1. The third-order valence-electron chi connectivity index (χ3n) is 3.12. The highest BCUT2D eigenvalue weighted by atomic mass is 35.5. The van der Waals surface area contributed by atoms with Gasteiger partial charge in [-0.1, -0.05) is 11.6 Å². The maximum Gasteiger partial charge on any atom is 0.201 e. The molecule has 0 aliphatic carbocycles. The lowest BCUT2D eigenvalue weighted by molar-refractivity contribution is 0.0921. The van der Waals surface area contributed by atoms with Gasteiger partial charge in [-0.2, -0.15) is 0 Å². The molecule has 0 bridgehead atoms. The number of hydrogen-bond acceptors (Lipinski definition) is 3. The van der Waals surface area contributed by atoms with Gasteiger partial charge in [0, 0.05) is 20.3 Å². The zero-order valence-electron chi connectivity index (χ0n) is 12.0. The molecule has 2 rings (SSSR count). The normalized spacial score (nSPS) is 10.7. The number of halogens is 1. The van der Waals surface area contributed by atoms with E-state index in [-0.39, 0.29) is 12.4 Å². The second kappa shape index (κ2) is 5.98. The minimum Gasteiger partial charge on any atom is -0.485 e. The molecular formula is C16H17ClO2S. The highest BCUT2D eigenvalue weighted by Crippen LogP contribution is 2.26. The minimum absolute atomic E-state index is 0.0112. The molecular weight excluding hydrogens is 292 g/mol. The van der Waals surface area contributed by atoms with Crippen LogP contribution in [0.15, 0.2) is 18.2 Å². The van der Waals surface area contributed by atoms with Crippen LogP contribution < -0.4 is 4.74 Å². The van der Waals surface area contributed by atoms with Gasteiger partial charge in [0.25, 0.3) is 0 Å². The van der Waals surface area contributed by atoms with E-state index in [1.807, 2.05) is 45.9 Å². The summed E-state index contributed by atoms with van der Waals surface area (Å²) in [5, 5.41) is 0.744. The summed E-state index contributed by atoms with van der Waals surface area (Å²) < 4.78 is 5.60. The van der Waals surface area contributed by atoms with Crippen LogP contribution in [-0.2, 0) is 0 Å². The van der Waals surface area contributed by atoms with Gasteiger partial charge in [-0.15, -0.1) is 11.3 Å². The van der Waals surface area contributed by atoms with Crippen LogP contribution >= 0.6 is 22.9 Å². The molecule has 0 aliphatic heterocycles. The predicted octanol–water partition coefficient (Wildman–Crippen LogP) is 4.90. The first-order valence-electron chi connectivity index (χ1n) is 6.38. The van der Waals surface area contributed by atoms with Gasteiger partial charge in [0.1, 0.15) is 5.75 Å². The third-order valence-corrected chi connectivity index (χ3v) is 4.68. The van der Waals surface area contributed by atoms with Crippen LogP contribution in [0, 0.1) is 27.7 Å². The number of ketones is 1. The van der Waals surface area contributed by atoms with Crippen molar-refractivity contribution in [2.24, 2.45) is 0 Å². The first-order chi connectivity index (χ1) is 9.38. The molecule has 106 valence electrons. The molecule has 0 unspecified atom stereocenters. The van der Waals surface area contributed by atoms with Gasteiger partial charge < -0.3 is 4.74 Å². The number of carbonyl (C=O) groups is 1. The number of aryl methyl sites for hydroxylation is 4. The molecule has 0 aliphatic rings. The van der Waals surface area contributed by atoms with Crippen molar-refractivity contribution < 1.29 is 9.53 Å². The summed E-state index contributed by atoms with van der Waals surface area (Å²) in [6, 6.07) is 5.63. The summed E-state index contributed by atoms with van der Waals surface area (Å²) in [7, 11) is 0. The molecule has 1 heterocycles. The Kier molecular flexibility index (Phi) is 4.51. The Morgan fingerprint density at radius 2 is 1.75 bits per heavy atom. The molecule has 0 atom stereocenters. The van der Waals surface area contributed by atoms with E-state index in [4.69, 9.17) is 16.3 Å². The monoisotopic (exact) mass is 308 g/mol. The SMILES string of the molecule is Cc1cc(C(=O)COc2cc(C)c(Cl)c(C)c2)c(C)s1. The zero-order chi connectivity index (χ0) is 14.9. The Morgan fingerprint density at radius 1 is 1.15 bits per heavy atom. The molecule has 0 N–H and O–H groups in total. The molecule has 1 aromatic heterocycles. The van der Waals surface area contributed by atoms with Crippen molar-refractivity contribution in [2.75, 3.05) is 6.61 Å². The maximum absolute atomic E-state index is 12.1. The van der Waals surface area contributed by atoms with Crippen molar-refractivity contribution in [2.45, 2.75) is 27.7 Å². The second-order valence-electron chi connectivity index (χ2n) is 4.91. The third kappa shape index (κ3) is 3.22. The van der Waals surface area contributed by atoms with Crippen molar-refractivity contribution >= 4 is 28.7 Å². The topological polar surface area (TPSA) is 26.3 Å². The Labute approximate surface area is 128 Å². The number of carbonyl (C=O) groups excluding carboxylic acids is 1. The standard InChI is InChI=1S/C16H17ClO2S/c1-9-5-13(6-10(2)16(9)17)19-8-15(18)14-7-11(3)20-12(14)4/h5-7H,8H2,1-4H3. The zero-order valence-corrected chi connectivity index (χ0v) is 13.6. The van der Waals surface area contributed by atoms with Crippen LogP contribution in [-0.4, -0.2) is 12.4 Å². The molecule has 0 saturated carbocycles. The number of rotatable bonds is 4. The fraction of sp³-hybridized carbons (Fsp3) is 0.312. The second-order valence-corrected chi connectivity index (χ2v) is 6.75. The molecule has 0 spiro atoms. The largest absolute Gasteiger partial charge is 0.485 e. The molecule has 2 nitrogen and oxygen atoms in total. The highest BCUT2D eigenvalue weighted by Gasteiger charge is 2.13. The molecule has 0 fully saturated rings. The van der Waals surface area contributed by atoms with Crippen molar-refractivity contribution in [3.63, 3.8) is 0 Å². The van der Waals surface area contributed by atoms with Gasteiger partial charge in [-0.05, 0) is 57.0 Å². The summed E-state index contributed by atoms with van der Waals surface area (Å²) in [5.74, 6) is 0.694. The maximum atomic E-state index is 12.1. The van der Waals surface area contributed by atoms with E-state index in [1.165, 1.54) is 0 Å². The first kappa shape index (κ1) is 15.1. The van der Waals surface area contributed by atoms with Crippen molar-refractivity contribution in [3.8, 4) is 5.75 Å². The smallest absolute Gasteiger partial charge is 0.201 e. The van der Waals surface area contributed by atoms with Gasteiger partial charge in [0.15, 0.2) is 6.61 Å². The molecule has 4 heteroatoms. The molecule has 2 aromatic rings. The summed E-state index contributed by atoms with van der Waals surface area (Å²) in [4.78, 5) is 14.3. The van der Waals surface area contributed by atoms with E-state index >= 15 is 0 Å². The quantitative estimate of drug-likeness (QED) is 0.751. The Balaban J connectivity index is 2.09. The van der Waals surface area contributed by atoms with Gasteiger partial charge in [-0.25, -0.2) is 0 Å². The Morgan fingerprint density at radius 3 is 2.25 bits per heavy atom. The van der Waals surface area contributed by atoms with Gasteiger partial charge in [-0.3, -0.25) is 4.79 Å². The average molecular weight is 309 g/mol. The number of ether oxygens (including phenoxy) is 1. The van der Waals surface area contributed by atoms with Crippen LogP contribution in [0.25, 0.3) is 0 Å². The minimum atomic E-state index is 0.0112. The van der Waals surface area contributed by atoms with Gasteiger partial charge in [0.05, 0.1) is 0 Å². The van der Waals surface area contributed by atoms with E-state index in [2.05, 4.69) is 0 Å². The fourth-order valence-electron chi connectivity index (χ4n) is 2.12. The van der Waals surface area contributed by atoms with Crippen molar-refractivity contribution in [3.05, 3.63) is 49.7 Å². The molecule has 0 radical (unpaired) electrons. The van der Waals surface area contributed by atoms with E-state index in [0.29, 0.717) is 5.75 Å². The Bertz CT molecular complexity index is 635. The molecule has 20 heavy (non-hydrogen) atoms. The summed E-state index contributed by atoms with van der Waals surface area (Å²) >= 11 is 7.74. The average Bonchev–Trinajstić information content (AvgIpc) is 2.72. The molecule has 0 amide bonds.